The van der Waals surface area contributed by atoms with Crippen molar-refractivity contribution in [2.24, 2.45) is 23.5 Å². The molecule has 434 valence electrons. The third-order valence-corrected chi connectivity index (χ3v) is 12.5. The molecule has 0 aromatic heterocycles. The summed E-state index contributed by atoms with van der Waals surface area (Å²) in [5, 5.41) is 122. The average Bonchev–Trinajstić information content (AvgIpc) is 3.36. The van der Waals surface area contributed by atoms with Crippen molar-refractivity contribution in [3.63, 3.8) is 0 Å². The predicted molar refractivity (Wildman–Crippen MR) is 308 cm³/mol. The van der Waals surface area contributed by atoms with Crippen molar-refractivity contribution >= 4 is 11.8 Å². The zero-order valence-corrected chi connectivity index (χ0v) is 46.1. The lowest BCUT2D eigenvalue weighted by molar-refractivity contribution is -0.132. The fourth-order valence-electron chi connectivity index (χ4n) is 7.61. The lowest BCUT2D eigenvalue weighted by atomic mass is 9.88. The molecule has 14 unspecified atom stereocenters. The first-order valence-corrected chi connectivity index (χ1v) is 27.3. The number of carbonyl (C=O) groups is 2. The van der Waals surface area contributed by atoms with Gasteiger partial charge in [0.05, 0.1) is 67.1 Å². The van der Waals surface area contributed by atoms with Gasteiger partial charge in [-0.25, -0.2) is 4.79 Å². The molecule has 0 aliphatic heterocycles. The van der Waals surface area contributed by atoms with Crippen LogP contribution in [0.3, 0.4) is 0 Å². The van der Waals surface area contributed by atoms with Crippen LogP contribution >= 0.6 is 0 Å². The number of hydrogen-bond donors (Lipinski definition) is 13. The Labute approximate surface area is 459 Å². The maximum absolute atomic E-state index is 12.7. The Kier molecular flexibility index (Phi) is 43.4. The normalized spacial score (nSPS) is 19.1. The third-order valence-electron chi connectivity index (χ3n) is 12.5. The van der Waals surface area contributed by atoms with E-state index < -0.39 is 73.1 Å². The highest BCUT2D eigenvalue weighted by Gasteiger charge is 2.24. The van der Waals surface area contributed by atoms with E-state index in [9.17, 15) is 65.8 Å². The highest BCUT2D eigenvalue weighted by Crippen LogP contribution is 2.20. The molecule has 0 amide bonds. The Balaban J connectivity index is 4.40. The van der Waals surface area contributed by atoms with Crippen LogP contribution in [0.1, 0.15) is 124 Å². The van der Waals surface area contributed by atoms with Gasteiger partial charge in [-0.15, -0.1) is 0 Å². The maximum Gasteiger partial charge on any atom is 0.331 e. The smallest absolute Gasteiger partial charge is 0.331 e. The van der Waals surface area contributed by atoms with Crippen LogP contribution in [0.25, 0.3) is 0 Å². The summed E-state index contributed by atoms with van der Waals surface area (Å²) >= 11 is 0. The van der Waals surface area contributed by atoms with Gasteiger partial charge in [0.2, 0.25) is 0 Å². The molecule has 0 heterocycles. The number of Topliss-reactive ketones (excluding diaryl/α,β-unsaturated/α-hetero) is 1. The van der Waals surface area contributed by atoms with E-state index in [0.29, 0.717) is 32.2 Å². The third kappa shape index (κ3) is 42.0. The number of rotatable bonds is 44. The van der Waals surface area contributed by atoms with Gasteiger partial charge in [0.1, 0.15) is 5.78 Å². The summed E-state index contributed by atoms with van der Waals surface area (Å²) in [6.07, 6.45) is 38.5. The van der Waals surface area contributed by atoms with Crippen molar-refractivity contribution in [3.8, 4) is 0 Å². The molecule has 0 saturated heterocycles. The second-order valence-electron chi connectivity index (χ2n) is 19.9. The molecule has 0 spiro atoms. The molecule has 0 aliphatic rings. The van der Waals surface area contributed by atoms with E-state index in [4.69, 9.17) is 10.8 Å². The molecule has 15 nitrogen and oxygen atoms in total. The van der Waals surface area contributed by atoms with Crippen molar-refractivity contribution < 1.29 is 70.9 Å². The van der Waals surface area contributed by atoms with Gasteiger partial charge >= 0.3 is 5.97 Å². The minimum atomic E-state index is -1.04. The number of ketones is 1. The molecular formula is C62H97NO14. The van der Waals surface area contributed by atoms with Crippen molar-refractivity contribution in [2.45, 2.75) is 191 Å². The van der Waals surface area contributed by atoms with E-state index in [2.05, 4.69) is 0 Å². The van der Waals surface area contributed by atoms with Crippen molar-refractivity contribution in [1.29, 1.82) is 0 Å². The quantitative estimate of drug-likeness (QED) is 0.0127. The first-order valence-electron chi connectivity index (χ1n) is 27.3. The number of allylic oxidation sites excluding steroid dienone is 17. The number of nitrogens with two attached hydrogens (primary N) is 1. The van der Waals surface area contributed by atoms with Crippen LogP contribution in [-0.4, -0.2) is 147 Å². The number of carboxylic acid groups (broad SMARTS) is 1. The molecular weight excluding hydrogens is 983 g/mol. The lowest BCUT2D eigenvalue weighted by Crippen LogP contribution is -2.32. The number of aliphatic carboxylic acids is 1. The Hall–Kier alpha value is -4.72. The summed E-state index contributed by atoms with van der Waals surface area (Å²) in [6.45, 7) is 7.53. The highest BCUT2D eigenvalue weighted by molar-refractivity contribution is 5.86. The Morgan fingerprint density at radius 3 is 1.43 bits per heavy atom. The summed E-state index contributed by atoms with van der Waals surface area (Å²) < 4.78 is 0. The van der Waals surface area contributed by atoms with Crippen LogP contribution in [0.5, 0.6) is 0 Å². The van der Waals surface area contributed by atoms with Crippen LogP contribution in [0.15, 0.2) is 157 Å². The van der Waals surface area contributed by atoms with Gasteiger partial charge in [-0.05, 0) is 84.1 Å². The first-order chi connectivity index (χ1) is 36.7. The molecule has 15 heteroatoms. The standard InChI is InChI=1S/C62H97NO14/c1-46(28-20-16-12-9-7-5-6-8-10-15-19-23-38-59(73)49(4)61(75)47(2)29-21-17-13-11-14-18-22-30-48(3)62(76)77)60(74)45-58(72)44-55(69)36-26-35-54(68)43-57(71)42-53(67)34-25-33-51(65)40-50(64)31-24-32-52(66)41-56(70)37-27-39-63/h5-12,14-16,18-19,21-26,29-31,34,36,38,46-47,49-59,61,64-73,75H,13,17,20,27-28,32-33,35,37,39-45,63H2,1-4H3,(H,76,77). The van der Waals surface area contributed by atoms with E-state index in [1.807, 2.05) is 99.8 Å². The summed E-state index contributed by atoms with van der Waals surface area (Å²) in [5.41, 5.74) is 5.70. The number of hydrogen-bond acceptors (Lipinski definition) is 14. The van der Waals surface area contributed by atoms with Crippen LogP contribution in [0, 0.1) is 17.8 Å². The molecule has 77 heavy (non-hydrogen) atoms. The molecule has 0 bridgehead atoms. The molecule has 0 fully saturated rings. The van der Waals surface area contributed by atoms with Gasteiger partial charge in [0.25, 0.3) is 0 Å². The fraction of sp³-hybridized carbons (Fsp3) is 0.548. The van der Waals surface area contributed by atoms with E-state index in [1.165, 1.54) is 37.3 Å². The number of carbonyl (C=O) groups excluding carboxylic acids is 1. The monoisotopic (exact) mass is 1080 g/mol. The van der Waals surface area contributed by atoms with E-state index >= 15 is 0 Å². The maximum atomic E-state index is 12.7. The number of aliphatic hydroxyl groups excluding tert-OH is 11. The summed E-state index contributed by atoms with van der Waals surface area (Å²) in [6, 6.07) is 0. The minimum absolute atomic E-state index is 0.0330. The molecule has 0 radical (unpaired) electrons. The fourth-order valence-corrected chi connectivity index (χ4v) is 7.61. The Morgan fingerprint density at radius 1 is 0.455 bits per heavy atom. The summed E-state index contributed by atoms with van der Waals surface area (Å²) in [4.78, 5) is 23.5. The van der Waals surface area contributed by atoms with Crippen molar-refractivity contribution in [2.75, 3.05) is 6.54 Å². The Morgan fingerprint density at radius 2 is 0.896 bits per heavy atom. The molecule has 0 aromatic rings. The first kappa shape index (κ1) is 72.3. The number of unbranched alkanes of at least 4 members (excludes halogenated alkanes) is 1. The summed E-state index contributed by atoms with van der Waals surface area (Å²) in [7, 11) is 0. The topological polar surface area (TPSA) is 303 Å². The van der Waals surface area contributed by atoms with E-state index in [0.717, 1.165) is 12.8 Å². The largest absolute Gasteiger partial charge is 0.478 e. The van der Waals surface area contributed by atoms with Crippen LogP contribution in [-0.2, 0) is 9.59 Å². The van der Waals surface area contributed by atoms with Crippen LogP contribution in [0.2, 0.25) is 0 Å². The SMILES string of the molecule is CC(=CC=CC=CCCC=CC(C)C(O)C(C)C(O)C=CC=CC=CC=CC=CC=CCCC(C)C(=O)CC(O)CC(O)C=CCC(O)CC(O)CC(O)C=CCC(O)CC(O)C=CCC(O)CC(O)CCCN)C(=O)O. The van der Waals surface area contributed by atoms with Gasteiger partial charge in [0.15, 0.2) is 0 Å². The predicted octanol–water partition coefficient (Wildman–Crippen LogP) is 6.95. The van der Waals surface area contributed by atoms with Gasteiger partial charge < -0.3 is 67.0 Å². The number of carboxylic acids is 1. The van der Waals surface area contributed by atoms with E-state index in [-0.39, 0.29) is 86.9 Å². The zero-order chi connectivity index (χ0) is 57.8. The van der Waals surface area contributed by atoms with Crippen molar-refractivity contribution in [3.05, 3.63) is 157 Å². The van der Waals surface area contributed by atoms with Gasteiger partial charge in [-0.2, -0.15) is 0 Å². The minimum Gasteiger partial charge on any atom is -0.478 e. The van der Waals surface area contributed by atoms with Gasteiger partial charge in [0, 0.05) is 49.0 Å². The Bertz CT molecular complexity index is 1960. The van der Waals surface area contributed by atoms with Gasteiger partial charge in [-0.1, -0.05) is 173 Å². The van der Waals surface area contributed by atoms with Crippen LogP contribution in [0.4, 0.5) is 0 Å². The summed E-state index contributed by atoms with van der Waals surface area (Å²) in [5.74, 6) is -1.84. The van der Waals surface area contributed by atoms with Gasteiger partial charge in [-0.3, -0.25) is 4.79 Å². The highest BCUT2D eigenvalue weighted by atomic mass is 16.4. The number of aliphatic hydroxyl groups is 11. The van der Waals surface area contributed by atoms with E-state index in [1.54, 1.807) is 42.5 Å². The second kappa shape index (κ2) is 46.2. The molecule has 14 atom stereocenters. The average molecular weight is 1080 g/mol. The lowest BCUT2D eigenvalue weighted by Gasteiger charge is -2.25. The van der Waals surface area contributed by atoms with Crippen molar-refractivity contribution in [1.82, 2.24) is 0 Å². The molecule has 14 N–H and O–H groups in total. The molecule has 0 aliphatic carbocycles. The molecule has 0 rings (SSSR count). The van der Waals surface area contributed by atoms with Crippen LogP contribution < -0.4 is 5.73 Å². The molecule has 0 saturated carbocycles. The second-order valence-corrected chi connectivity index (χ2v) is 19.9. The molecule has 0 aromatic carbocycles. The zero-order valence-electron chi connectivity index (χ0n) is 46.1.